The van der Waals surface area contributed by atoms with Gasteiger partial charge in [-0.15, -0.1) is 13.2 Å². The van der Waals surface area contributed by atoms with Crippen LogP contribution in [0.4, 0.5) is 17.6 Å². The number of aromatic nitrogens is 1. The topological polar surface area (TPSA) is 51.7 Å². The predicted octanol–water partition coefficient (Wildman–Crippen LogP) is 4.98. The standard InChI is InChI=1S/C21H21ClF4N2O3/c1-20(15-2-4-16(23)5-3-15)6-8-28(9-7-20)19(29)14-12-17(22)18(27-13-14)30-10-11-31-21(24,25)26/h2-5,12-13H,6-11H2,1H3. The second kappa shape index (κ2) is 9.40. The molecule has 168 valence electrons. The third-order valence-corrected chi connectivity index (χ3v) is 5.61. The molecule has 5 nitrogen and oxygen atoms in total. The van der Waals surface area contributed by atoms with E-state index < -0.39 is 19.6 Å². The minimum atomic E-state index is -4.74. The number of pyridine rings is 1. The lowest BCUT2D eigenvalue weighted by Crippen LogP contribution is -2.44. The first kappa shape index (κ1) is 23.3. The fourth-order valence-corrected chi connectivity index (χ4v) is 3.69. The molecule has 0 saturated carbocycles. The summed E-state index contributed by atoms with van der Waals surface area (Å²) in [5.41, 5.74) is 1.13. The Kier molecular flexibility index (Phi) is 7.06. The summed E-state index contributed by atoms with van der Waals surface area (Å²) in [7, 11) is 0. The van der Waals surface area contributed by atoms with Crippen LogP contribution in [0.25, 0.3) is 0 Å². The molecule has 31 heavy (non-hydrogen) atoms. The van der Waals surface area contributed by atoms with Crippen molar-refractivity contribution < 1.29 is 31.8 Å². The molecule has 0 atom stereocenters. The molecule has 1 aliphatic rings. The fourth-order valence-electron chi connectivity index (χ4n) is 3.47. The molecule has 3 rings (SSSR count). The van der Waals surface area contributed by atoms with Crippen molar-refractivity contribution in [3.63, 3.8) is 0 Å². The first-order chi connectivity index (χ1) is 14.6. The molecule has 0 bridgehead atoms. The van der Waals surface area contributed by atoms with Crippen molar-refractivity contribution in [1.82, 2.24) is 9.88 Å². The van der Waals surface area contributed by atoms with Gasteiger partial charge in [0.25, 0.3) is 5.91 Å². The quantitative estimate of drug-likeness (QED) is 0.450. The van der Waals surface area contributed by atoms with E-state index in [1.54, 1.807) is 17.0 Å². The second-order valence-electron chi connectivity index (χ2n) is 7.51. The Labute approximate surface area is 181 Å². The zero-order valence-electron chi connectivity index (χ0n) is 16.7. The number of benzene rings is 1. The van der Waals surface area contributed by atoms with Gasteiger partial charge in [0.15, 0.2) is 0 Å². The van der Waals surface area contributed by atoms with Gasteiger partial charge in [0.2, 0.25) is 5.88 Å². The van der Waals surface area contributed by atoms with Gasteiger partial charge in [0.05, 0.1) is 12.2 Å². The van der Waals surface area contributed by atoms with Gasteiger partial charge in [-0.25, -0.2) is 9.37 Å². The van der Waals surface area contributed by atoms with Crippen molar-refractivity contribution in [2.75, 3.05) is 26.3 Å². The highest BCUT2D eigenvalue weighted by atomic mass is 35.5. The molecule has 1 amide bonds. The number of halogens is 5. The molecule has 1 aromatic carbocycles. The molecule has 0 spiro atoms. The maximum atomic E-state index is 13.2. The molecule has 0 unspecified atom stereocenters. The van der Waals surface area contributed by atoms with Gasteiger partial charge in [-0.2, -0.15) is 0 Å². The van der Waals surface area contributed by atoms with Crippen molar-refractivity contribution in [2.45, 2.75) is 31.5 Å². The van der Waals surface area contributed by atoms with E-state index in [0.29, 0.717) is 25.9 Å². The lowest BCUT2D eigenvalue weighted by atomic mass is 9.74. The summed E-state index contributed by atoms with van der Waals surface area (Å²) in [6, 6.07) is 7.80. The first-order valence-corrected chi connectivity index (χ1v) is 9.99. The zero-order valence-corrected chi connectivity index (χ0v) is 17.5. The Hall–Kier alpha value is -2.39. The normalized spacial score (nSPS) is 16.3. The van der Waals surface area contributed by atoms with E-state index >= 15 is 0 Å². The van der Waals surface area contributed by atoms with Crippen LogP contribution in [-0.2, 0) is 10.2 Å². The SMILES string of the molecule is CC1(c2ccc(F)cc2)CCN(C(=O)c2cnc(OCCOC(F)(F)F)c(Cl)c2)CC1. The third-order valence-electron chi connectivity index (χ3n) is 5.34. The summed E-state index contributed by atoms with van der Waals surface area (Å²) in [5, 5.41) is 0.0195. The summed E-state index contributed by atoms with van der Waals surface area (Å²) in [5.74, 6) is -0.612. The fraction of sp³-hybridized carbons (Fsp3) is 0.429. The number of piperidine rings is 1. The molecule has 10 heteroatoms. The molecule has 0 aliphatic carbocycles. The van der Waals surface area contributed by atoms with E-state index in [-0.39, 0.29) is 33.6 Å². The Balaban J connectivity index is 1.57. The average Bonchev–Trinajstić information content (AvgIpc) is 2.72. The van der Waals surface area contributed by atoms with Crippen LogP contribution in [-0.4, -0.2) is 48.5 Å². The van der Waals surface area contributed by atoms with Gasteiger partial charge in [0.1, 0.15) is 17.4 Å². The molecule has 0 N–H and O–H groups in total. The van der Waals surface area contributed by atoms with Crippen LogP contribution in [0.15, 0.2) is 36.5 Å². The molecular weight excluding hydrogens is 440 g/mol. The number of likely N-dealkylation sites (tertiary alicyclic amines) is 1. The Morgan fingerprint density at radius 3 is 2.42 bits per heavy atom. The summed E-state index contributed by atoms with van der Waals surface area (Å²) in [4.78, 5) is 18.4. The number of alkyl halides is 3. The van der Waals surface area contributed by atoms with Crippen molar-refractivity contribution in [3.8, 4) is 5.88 Å². The summed E-state index contributed by atoms with van der Waals surface area (Å²) in [6.07, 6.45) is -2.03. The van der Waals surface area contributed by atoms with E-state index in [4.69, 9.17) is 16.3 Å². The van der Waals surface area contributed by atoms with E-state index in [1.165, 1.54) is 24.4 Å². The largest absolute Gasteiger partial charge is 0.522 e. The number of hydrogen-bond donors (Lipinski definition) is 0. The summed E-state index contributed by atoms with van der Waals surface area (Å²) in [6.45, 7) is 2.01. The first-order valence-electron chi connectivity index (χ1n) is 9.62. The molecular formula is C21H21ClF4N2O3. The molecule has 1 aliphatic heterocycles. The van der Waals surface area contributed by atoms with Gasteiger partial charge in [-0.05, 0) is 42.0 Å². The van der Waals surface area contributed by atoms with Crippen LogP contribution < -0.4 is 4.74 Å². The highest BCUT2D eigenvalue weighted by Gasteiger charge is 2.34. The van der Waals surface area contributed by atoms with Gasteiger partial charge >= 0.3 is 6.36 Å². The minimum Gasteiger partial charge on any atom is -0.474 e. The number of amides is 1. The van der Waals surface area contributed by atoms with E-state index in [1.807, 2.05) is 0 Å². The summed E-state index contributed by atoms with van der Waals surface area (Å²) < 4.78 is 57.8. The van der Waals surface area contributed by atoms with Gasteiger partial charge < -0.3 is 9.64 Å². The highest BCUT2D eigenvalue weighted by molar-refractivity contribution is 6.32. The maximum Gasteiger partial charge on any atom is 0.522 e. The number of carbonyl (C=O) groups is 1. The number of nitrogens with zero attached hydrogens (tertiary/aromatic N) is 2. The molecule has 1 aromatic heterocycles. The molecule has 1 fully saturated rings. The number of rotatable bonds is 6. The van der Waals surface area contributed by atoms with E-state index in [2.05, 4.69) is 16.6 Å². The van der Waals surface area contributed by atoms with Gasteiger partial charge in [-0.1, -0.05) is 30.7 Å². The van der Waals surface area contributed by atoms with Crippen molar-refractivity contribution >= 4 is 17.5 Å². The van der Waals surface area contributed by atoms with Crippen LogP contribution in [0.1, 0.15) is 35.7 Å². The molecule has 0 radical (unpaired) electrons. The lowest BCUT2D eigenvalue weighted by Gasteiger charge is -2.40. The van der Waals surface area contributed by atoms with Crippen LogP contribution >= 0.6 is 11.6 Å². The van der Waals surface area contributed by atoms with Crippen LogP contribution in [0, 0.1) is 5.82 Å². The van der Waals surface area contributed by atoms with Crippen LogP contribution in [0.5, 0.6) is 5.88 Å². The van der Waals surface area contributed by atoms with Crippen LogP contribution in [0.3, 0.4) is 0 Å². The molecule has 2 aromatic rings. The predicted molar refractivity (Wildman–Crippen MR) is 106 cm³/mol. The van der Waals surface area contributed by atoms with Crippen LogP contribution in [0.2, 0.25) is 5.02 Å². The number of carbonyl (C=O) groups excluding carboxylic acids is 1. The van der Waals surface area contributed by atoms with E-state index in [9.17, 15) is 22.4 Å². The smallest absolute Gasteiger partial charge is 0.474 e. The number of ether oxygens (including phenoxy) is 2. The van der Waals surface area contributed by atoms with E-state index in [0.717, 1.165) is 5.56 Å². The monoisotopic (exact) mass is 460 g/mol. The van der Waals surface area contributed by atoms with Crippen molar-refractivity contribution in [1.29, 1.82) is 0 Å². The molecule has 1 saturated heterocycles. The van der Waals surface area contributed by atoms with Crippen molar-refractivity contribution in [2.24, 2.45) is 0 Å². The van der Waals surface area contributed by atoms with Gasteiger partial charge in [-0.3, -0.25) is 9.53 Å². The van der Waals surface area contributed by atoms with Gasteiger partial charge in [0, 0.05) is 19.3 Å². The third kappa shape index (κ3) is 6.07. The Bertz CT molecular complexity index is 914. The Morgan fingerprint density at radius 2 is 1.84 bits per heavy atom. The zero-order chi connectivity index (χ0) is 22.6. The highest BCUT2D eigenvalue weighted by Crippen LogP contribution is 2.35. The maximum absolute atomic E-state index is 13.2. The second-order valence-corrected chi connectivity index (χ2v) is 7.92. The average molecular weight is 461 g/mol. The minimum absolute atomic E-state index is 0.0195. The summed E-state index contributed by atoms with van der Waals surface area (Å²) >= 11 is 6.07. The molecule has 2 heterocycles. The lowest BCUT2D eigenvalue weighted by molar-refractivity contribution is -0.325. The van der Waals surface area contributed by atoms with Crippen molar-refractivity contribution in [3.05, 3.63) is 58.5 Å². The number of hydrogen-bond acceptors (Lipinski definition) is 4. The Morgan fingerprint density at radius 1 is 1.19 bits per heavy atom.